The van der Waals surface area contributed by atoms with Crippen LogP contribution >= 0.6 is 0 Å². The molecule has 1 unspecified atom stereocenters. The van der Waals surface area contributed by atoms with Crippen molar-refractivity contribution in [2.45, 2.75) is 19.8 Å². The molecule has 1 N–H and O–H groups in total. The maximum absolute atomic E-state index is 12.8. The predicted octanol–water partition coefficient (Wildman–Crippen LogP) is 2.81. The van der Waals surface area contributed by atoms with Crippen LogP contribution < -0.4 is 5.32 Å². The number of hydrogen-bond acceptors (Lipinski definition) is 3. The highest BCUT2D eigenvalue weighted by atomic mass is 16.1. The van der Waals surface area contributed by atoms with Gasteiger partial charge in [-0.3, -0.25) is 9.78 Å². The molecular formula is C16H18N2O. The Balaban J connectivity index is 2.01. The van der Waals surface area contributed by atoms with Gasteiger partial charge in [0.1, 0.15) is 0 Å². The molecule has 1 aliphatic rings. The van der Waals surface area contributed by atoms with E-state index in [1.54, 1.807) is 6.20 Å². The van der Waals surface area contributed by atoms with Gasteiger partial charge in [0.2, 0.25) is 0 Å². The number of fused-ring (bicyclic) bond motifs is 1. The third-order valence-corrected chi connectivity index (χ3v) is 4.25. The molecular weight excluding hydrogens is 236 g/mol. The summed E-state index contributed by atoms with van der Waals surface area (Å²) in [7, 11) is 0. The molecule has 0 amide bonds. The van der Waals surface area contributed by atoms with Crippen LogP contribution in [0.1, 0.15) is 30.1 Å². The number of carbonyl (C=O) groups excluding carboxylic acids is 1. The fourth-order valence-electron chi connectivity index (χ4n) is 2.90. The van der Waals surface area contributed by atoms with E-state index in [9.17, 15) is 4.79 Å². The van der Waals surface area contributed by atoms with E-state index in [1.165, 1.54) is 0 Å². The van der Waals surface area contributed by atoms with Crippen LogP contribution in [0.4, 0.5) is 0 Å². The lowest BCUT2D eigenvalue weighted by Gasteiger charge is -2.24. The Bertz CT molecular complexity index is 615. The normalized spacial score (nSPS) is 22.8. The first-order valence-electron chi connectivity index (χ1n) is 6.85. The smallest absolute Gasteiger partial charge is 0.171 e. The van der Waals surface area contributed by atoms with Gasteiger partial charge in [0, 0.05) is 29.1 Å². The van der Waals surface area contributed by atoms with Crippen LogP contribution in [-0.4, -0.2) is 23.9 Å². The zero-order valence-electron chi connectivity index (χ0n) is 11.1. The summed E-state index contributed by atoms with van der Waals surface area (Å²) in [6.45, 7) is 3.81. The minimum Gasteiger partial charge on any atom is -0.316 e. The second-order valence-electron chi connectivity index (χ2n) is 5.31. The number of para-hydroxylation sites is 1. The fraction of sp³-hybridized carbons (Fsp3) is 0.375. The molecule has 1 saturated heterocycles. The number of aromatic nitrogens is 1. The number of pyridine rings is 1. The molecule has 1 aliphatic heterocycles. The highest BCUT2D eigenvalue weighted by Crippen LogP contribution is 2.33. The van der Waals surface area contributed by atoms with Gasteiger partial charge in [0.15, 0.2) is 5.78 Å². The first-order valence-corrected chi connectivity index (χ1v) is 6.85. The first-order chi connectivity index (χ1) is 9.25. The summed E-state index contributed by atoms with van der Waals surface area (Å²) in [4.78, 5) is 17.2. The summed E-state index contributed by atoms with van der Waals surface area (Å²) >= 11 is 0. The molecule has 0 spiro atoms. The van der Waals surface area contributed by atoms with Crippen molar-refractivity contribution in [2.75, 3.05) is 13.1 Å². The Labute approximate surface area is 113 Å². The number of carbonyl (C=O) groups is 1. The summed E-state index contributed by atoms with van der Waals surface area (Å²) in [6, 6.07) is 9.89. The zero-order valence-corrected chi connectivity index (χ0v) is 11.1. The standard InChI is InChI=1S/C16H18N2O/c1-2-16(7-8-17-11-16)15(19)13-9-12-5-3-4-6-14(12)18-10-13/h3-6,9-10,17H,2,7-8,11H2,1H3. The molecule has 0 saturated carbocycles. The van der Waals surface area contributed by atoms with E-state index < -0.39 is 0 Å². The second kappa shape index (κ2) is 4.74. The van der Waals surface area contributed by atoms with Gasteiger partial charge >= 0.3 is 0 Å². The van der Waals surface area contributed by atoms with Gasteiger partial charge in [0.25, 0.3) is 0 Å². The molecule has 1 atom stereocenters. The van der Waals surface area contributed by atoms with Gasteiger partial charge in [0.05, 0.1) is 5.52 Å². The second-order valence-corrected chi connectivity index (χ2v) is 5.31. The largest absolute Gasteiger partial charge is 0.316 e. The Morgan fingerprint density at radius 2 is 2.26 bits per heavy atom. The van der Waals surface area contributed by atoms with Crippen molar-refractivity contribution in [3.63, 3.8) is 0 Å². The summed E-state index contributed by atoms with van der Waals surface area (Å²) < 4.78 is 0. The van der Waals surface area contributed by atoms with Crippen LogP contribution in [0.25, 0.3) is 10.9 Å². The van der Waals surface area contributed by atoms with E-state index in [4.69, 9.17) is 0 Å². The highest BCUT2D eigenvalue weighted by molar-refractivity contribution is 6.02. The molecule has 0 radical (unpaired) electrons. The number of nitrogens with zero attached hydrogens (tertiary/aromatic N) is 1. The molecule has 0 aliphatic carbocycles. The Hall–Kier alpha value is -1.74. The van der Waals surface area contributed by atoms with Crippen molar-refractivity contribution in [3.8, 4) is 0 Å². The van der Waals surface area contributed by atoms with Crippen molar-refractivity contribution in [1.82, 2.24) is 10.3 Å². The number of ketones is 1. The van der Waals surface area contributed by atoms with Gasteiger partial charge in [-0.1, -0.05) is 25.1 Å². The van der Waals surface area contributed by atoms with Gasteiger partial charge in [-0.2, -0.15) is 0 Å². The van der Waals surface area contributed by atoms with Crippen molar-refractivity contribution in [1.29, 1.82) is 0 Å². The van der Waals surface area contributed by atoms with Crippen LogP contribution in [0.2, 0.25) is 0 Å². The molecule has 2 aromatic rings. The minimum atomic E-state index is -0.232. The Morgan fingerprint density at radius 3 is 3.00 bits per heavy atom. The van der Waals surface area contributed by atoms with E-state index in [2.05, 4.69) is 17.2 Å². The fourth-order valence-corrected chi connectivity index (χ4v) is 2.90. The topological polar surface area (TPSA) is 42.0 Å². The molecule has 3 heteroatoms. The molecule has 3 nitrogen and oxygen atoms in total. The minimum absolute atomic E-state index is 0.232. The summed E-state index contributed by atoms with van der Waals surface area (Å²) in [5, 5.41) is 4.34. The number of benzene rings is 1. The van der Waals surface area contributed by atoms with Crippen LogP contribution in [0.3, 0.4) is 0 Å². The van der Waals surface area contributed by atoms with E-state index in [1.807, 2.05) is 30.3 Å². The lowest BCUT2D eigenvalue weighted by atomic mass is 9.77. The van der Waals surface area contributed by atoms with Gasteiger partial charge in [-0.15, -0.1) is 0 Å². The summed E-state index contributed by atoms with van der Waals surface area (Å²) in [5.74, 6) is 0.234. The van der Waals surface area contributed by atoms with Crippen molar-refractivity contribution < 1.29 is 4.79 Å². The summed E-state index contributed by atoms with van der Waals surface area (Å²) in [6.07, 6.45) is 3.53. The highest BCUT2D eigenvalue weighted by Gasteiger charge is 2.39. The van der Waals surface area contributed by atoms with Crippen LogP contribution in [0, 0.1) is 5.41 Å². The molecule has 1 fully saturated rings. The van der Waals surface area contributed by atoms with E-state index >= 15 is 0 Å². The van der Waals surface area contributed by atoms with Gasteiger partial charge < -0.3 is 5.32 Å². The lowest BCUT2D eigenvalue weighted by Crippen LogP contribution is -2.33. The van der Waals surface area contributed by atoms with Crippen LogP contribution in [-0.2, 0) is 0 Å². The Kier molecular flexibility index (Phi) is 3.07. The SMILES string of the molecule is CCC1(C(=O)c2cnc3ccccc3c2)CCNC1. The zero-order chi connectivity index (χ0) is 13.3. The number of hydrogen-bond donors (Lipinski definition) is 1. The number of rotatable bonds is 3. The molecule has 19 heavy (non-hydrogen) atoms. The van der Waals surface area contributed by atoms with Crippen LogP contribution in [0.5, 0.6) is 0 Å². The van der Waals surface area contributed by atoms with E-state index in [-0.39, 0.29) is 11.2 Å². The van der Waals surface area contributed by atoms with Crippen molar-refractivity contribution in [2.24, 2.45) is 5.41 Å². The summed E-state index contributed by atoms with van der Waals surface area (Å²) in [5.41, 5.74) is 1.45. The van der Waals surface area contributed by atoms with Crippen LogP contribution in [0.15, 0.2) is 36.5 Å². The van der Waals surface area contributed by atoms with Gasteiger partial charge in [-0.05, 0) is 31.5 Å². The third kappa shape index (κ3) is 2.04. The van der Waals surface area contributed by atoms with E-state index in [0.717, 1.165) is 42.4 Å². The molecule has 2 heterocycles. The predicted molar refractivity (Wildman–Crippen MR) is 76.3 cm³/mol. The Morgan fingerprint density at radius 1 is 1.42 bits per heavy atom. The monoisotopic (exact) mass is 254 g/mol. The van der Waals surface area contributed by atoms with E-state index in [0.29, 0.717) is 0 Å². The molecule has 1 aromatic heterocycles. The quantitative estimate of drug-likeness (QED) is 0.856. The average Bonchev–Trinajstić information content (AvgIpc) is 2.96. The number of nitrogens with one attached hydrogen (secondary N) is 1. The van der Waals surface area contributed by atoms with Crippen molar-refractivity contribution in [3.05, 3.63) is 42.1 Å². The molecule has 98 valence electrons. The maximum atomic E-state index is 12.8. The van der Waals surface area contributed by atoms with Crippen molar-refractivity contribution >= 4 is 16.7 Å². The maximum Gasteiger partial charge on any atom is 0.171 e. The molecule has 0 bridgehead atoms. The third-order valence-electron chi connectivity index (χ3n) is 4.25. The van der Waals surface area contributed by atoms with Gasteiger partial charge in [-0.25, -0.2) is 0 Å². The molecule has 3 rings (SSSR count). The lowest BCUT2D eigenvalue weighted by molar-refractivity contribution is 0.0810. The average molecular weight is 254 g/mol. The molecule has 1 aromatic carbocycles. The first kappa shape index (κ1) is 12.3. The number of Topliss-reactive ketones (excluding diaryl/α,β-unsaturated/α-hetero) is 1.